The lowest BCUT2D eigenvalue weighted by atomic mass is 10.0. The molecule has 5 heteroatoms. The van der Waals surface area contributed by atoms with Crippen molar-refractivity contribution in [2.24, 2.45) is 0 Å². The number of para-hydroxylation sites is 1. The molecule has 1 heterocycles. The Hall–Kier alpha value is -3.60. The van der Waals surface area contributed by atoms with Crippen molar-refractivity contribution in [1.29, 1.82) is 0 Å². The lowest BCUT2D eigenvalue weighted by Crippen LogP contribution is -2.12. The minimum atomic E-state index is -0.180. The second-order valence-corrected chi connectivity index (χ2v) is 6.28. The van der Waals surface area contributed by atoms with Gasteiger partial charge in [0.25, 0.3) is 5.91 Å². The second-order valence-electron chi connectivity index (χ2n) is 6.28. The SMILES string of the molecule is COc1ccc(NC(=O)c2cccc3cn[nH]c23)cc1Cc1ccccc1. The van der Waals surface area contributed by atoms with Gasteiger partial charge in [-0.3, -0.25) is 9.89 Å². The molecule has 0 fully saturated rings. The quantitative estimate of drug-likeness (QED) is 0.556. The standard InChI is InChI=1S/C22H19N3O2/c1-27-20-11-10-18(13-17(20)12-15-6-3-2-4-7-15)24-22(26)19-9-5-8-16-14-23-25-21(16)19/h2-11,13-14H,12H2,1H3,(H,23,25)(H,24,26). The van der Waals surface area contributed by atoms with E-state index in [1.54, 1.807) is 19.4 Å². The van der Waals surface area contributed by atoms with E-state index in [0.717, 1.165) is 34.3 Å². The van der Waals surface area contributed by atoms with Crippen molar-refractivity contribution in [3.63, 3.8) is 0 Å². The molecule has 0 unspecified atom stereocenters. The van der Waals surface area contributed by atoms with Gasteiger partial charge < -0.3 is 10.1 Å². The number of aromatic nitrogens is 2. The number of carbonyl (C=O) groups excluding carboxylic acids is 1. The van der Waals surface area contributed by atoms with Crippen molar-refractivity contribution in [1.82, 2.24) is 10.2 Å². The van der Waals surface area contributed by atoms with Crippen molar-refractivity contribution in [2.75, 3.05) is 12.4 Å². The van der Waals surface area contributed by atoms with E-state index in [2.05, 4.69) is 27.6 Å². The summed E-state index contributed by atoms with van der Waals surface area (Å²) in [6, 6.07) is 21.4. The van der Waals surface area contributed by atoms with Crippen LogP contribution in [-0.4, -0.2) is 23.2 Å². The van der Waals surface area contributed by atoms with Crippen LogP contribution in [0.4, 0.5) is 5.69 Å². The van der Waals surface area contributed by atoms with Crippen LogP contribution in [0.1, 0.15) is 21.5 Å². The maximum atomic E-state index is 12.8. The van der Waals surface area contributed by atoms with Crippen molar-refractivity contribution in [2.45, 2.75) is 6.42 Å². The number of anilines is 1. The van der Waals surface area contributed by atoms with E-state index in [4.69, 9.17) is 4.74 Å². The number of amides is 1. The van der Waals surface area contributed by atoms with Gasteiger partial charge in [-0.15, -0.1) is 0 Å². The van der Waals surface area contributed by atoms with E-state index in [0.29, 0.717) is 5.56 Å². The van der Waals surface area contributed by atoms with Crippen LogP contribution in [0.5, 0.6) is 5.75 Å². The lowest BCUT2D eigenvalue weighted by Gasteiger charge is -2.12. The summed E-state index contributed by atoms with van der Waals surface area (Å²) in [6.45, 7) is 0. The first-order valence-corrected chi connectivity index (χ1v) is 8.69. The van der Waals surface area contributed by atoms with Crippen LogP contribution in [0, 0.1) is 0 Å². The highest BCUT2D eigenvalue weighted by Crippen LogP contribution is 2.26. The number of carbonyl (C=O) groups is 1. The fourth-order valence-corrected chi connectivity index (χ4v) is 3.17. The molecule has 0 atom stereocenters. The van der Waals surface area contributed by atoms with E-state index >= 15 is 0 Å². The lowest BCUT2D eigenvalue weighted by molar-refractivity contribution is 0.102. The topological polar surface area (TPSA) is 67.0 Å². The average Bonchev–Trinajstić information content (AvgIpc) is 3.18. The minimum absolute atomic E-state index is 0.180. The number of ether oxygens (including phenoxy) is 1. The monoisotopic (exact) mass is 357 g/mol. The van der Waals surface area contributed by atoms with Crippen molar-refractivity contribution < 1.29 is 9.53 Å². The molecule has 4 rings (SSSR count). The van der Waals surface area contributed by atoms with Gasteiger partial charge in [0.15, 0.2) is 0 Å². The van der Waals surface area contributed by atoms with Gasteiger partial charge in [-0.1, -0.05) is 42.5 Å². The van der Waals surface area contributed by atoms with Crippen LogP contribution in [0.15, 0.2) is 72.9 Å². The maximum absolute atomic E-state index is 12.8. The molecule has 0 saturated carbocycles. The summed E-state index contributed by atoms with van der Waals surface area (Å²) < 4.78 is 5.48. The van der Waals surface area contributed by atoms with E-state index in [1.165, 1.54) is 5.56 Å². The number of nitrogens with one attached hydrogen (secondary N) is 2. The van der Waals surface area contributed by atoms with Gasteiger partial charge >= 0.3 is 0 Å². The number of hydrogen-bond acceptors (Lipinski definition) is 3. The molecule has 4 aromatic rings. The summed E-state index contributed by atoms with van der Waals surface area (Å²) in [6.07, 6.45) is 2.43. The number of fused-ring (bicyclic) bond motifs is 1. The molecule has 3 aromatic carbocycles. The Kier molecular flexibility index (Phi) is 4.58. The van der Waals surface area contributed by atoms with Gasteiger partial charge in [0.05, 0.1) is 24.4 Å². The average molecular weight is 357 g/mol. The predicted molar refractivity (Wildman–Crippen MR) is 106 cm³/mol. The molecule has 0 saturated heterocycles. The summed E-state index contributed by atoms with van der Waals surface area (Å²) in [5.41, 5.74) is 4.21. The first kappa shape index (κ1) is 16.8. The number of methoxy groups -OCH3 is 1. The zero-order chi connectivity index (χ0) is 18.6. The van der Waals surface area contributed by atoms with E-state index in [-0.39, 0.29) is 5.91 Å². The highest BCUT2D eigenvalue weighted by molar-refractivity contribution is 6.11. The molecule has 134 valence electrons. The van der Waals surface area contributed by atoms with Gasteiger partial charge in [0, 0.05) is 23.1 Å². The molecule has 0 bridgehead atoms. The van der Waals surface area contributed by atoms with Gasteiger partial charge in [-0.05, 0) is 29.8 Å². The molecule has 0 spiro atoms. The van der Waals surface area contributed by atoms with E-state index in [9.17, 15) is 4.79 Å². The Balaban J connectivity index is 1.61. The number of nitrogens with zero attached hydrogens (tertiary/aromatic N) is 1. The molecule has 0 aliphatic carbocycles. The van der Waals surface area contributed by atoms with Gasteiger partial charge in [-0.2, -0.15) is 5.10 Å². The summed E-state index contributed by atoms with van der Waals surface area (Å²) in [4.78, 5) is 12.8. The Bertz CT molecular complexity index is 1090. The smallest absolute Gasteiger partial charge is 0.257 e. The third-order valence-corrected chi connectivity index (χ3v) is 4.50. The molecule has 0 radical (unpaired) electrons. The highest BCUT2D eigenvalue weighted by atomic mass is 16.5. The molecular weight excluding hydrogens is 338 g/mol. The molecule has 0 aliphatic rings. The number of aromatic amines is 1. The predicted octanol–water partition coefficient (Wildman–Crippen LogP) is 4.41. The maximum Gasteiger partial charge on any atom is 0.257 e. The third-order valence-electron chi connectivity index (χ3n) is 4.50. The summed E-state index contributed by atoms with van der Waals surface area (Å²) in [7, 11) is 1.65. The van der Waals surface area contributed by atoms with Crippen LogP contribution in [-0.2, 0) is 6.42 Å². The zero-order valence-corrected chi connectivity index (χ0v) is 14.9. The molecule has 1 amide bonds. The van der Waals surface area contributed by atoms with E-state index in [1.807, 2.05) is 48.5 Å². The van der Waals surface area contributed by atoms with Crippen molar-refractivity contribution in [3.8, 4) is 5.75 Å². The molecule has 5 nitrogen and oxygen atoms in total. The Morgan fingerprint density at radius 3 is 2.74 bits per heavy atom. The first-order chi connectivity index (χ1) is 13.2. The second kappa shape index (κ2) is 7.33. The Morgan fingerprint density at radius 1 is 1.07 bits per heavy atom. The molecule has 1 aromatic heterocycles. The summed E-state index contributed by atoms with van der Waals surface area (Å²) >= 11 is 0. The van der Waals surface area contributed by atoms with Crippen LogP contribution >= 0.6 is 0 Å². The molecular formula is C22H19N3O2. The summed E-state index contributed by atoms with van der Waals surface area (Å²) in [5.74, 6) is 0.619. The fraction of sp³-hybridized carbons (Fsp3) is 0.0909. The largest absolute Gasteiger partial charge is 0.496 e. The number of H-pyrrole nitrogens is 1. The fourth-order valence-electron chi connectivity index (χ4n) is 3.17. The van der Waals surface area contributed by atoms with Crippen molar-refractivity contribution >= 4 is 22.5 Å². The first-order valence-electron chi connectivity index (χ1n) is 8.69. The van der Waals surface area contributed by atoms with Crippen LogP contribution in [0.3, 0.4) is 0 Å². The zero-order valence-electron chi connectivity index (χ0n) is 14.9. The van der Waals surface area contributed by atoms with Gasteiger partial charge in [0.2, 0.25) is 0 Å². The Labute approximate surface area is 157 Å². The minimum Gasteiger partial charge on any atom is -0.496 e. The molecule has 27 heavy (non-hydrogen) atoms. The van der Waals surface area contributed by atoms with Gasteiger partial charge in [0.1, 0.15) is 5.75 Å². The molecule has 2 N–H and O–H groups in total. The van der Waals surface area contributed by atoms with Crippen LogP contribution < -0.4 is 10.1 Å². The summed E-state index contributed by atoms with van der Waals surface area (Å²) in [5, 5.41) is 10.8. The number of benzene rings is 3. The van der Waals surface area contributed by atoms with Crippen LogP contribution in [0.2, 0.25) is 0 Å². The van der Waals surface area contributed by atoms with Crippen LogP contribution in [0.25, 0.3) is 10.9 Å². The van der Waals surface area contributed by atoms with E-state index < -0.39 is 0 Å². The van der Waals surface area contributed by atoms with Gasteiger partial charge in [-0.25, -0.2) is 0 Å². The van der Waals surface area contributed by atoms with Crippen molar-refractivity contribution in [3.05, 3.63) is 89.6 Å². The number of hydrogen-bond donors (Lipinski definition) is 2. The third kappa shape index (κ3) is 3.53. The highest BCUT2D eigenvalue weighted by Gasteiger charge is 2.13. The normalized spacial score (nSPS) is 10.7. The Morgan fingerprint density at radius 2 is 1.93 bits per heavy atom. The number of rotatable bonds is 5. The molecule has 0 aliphatic heterocycles.